The van der Waals surface area contributed by atoms with Crippen LogP contribution in [-0.2, 0) is 10.0 Å². The van der Waals surface area contributed by atoms with E-state index in [9.17, 15) is 8.42 Å². The predicted molar refractivity (Wildman–Crippen MR) is 81.9 cm³/mol. The number of sulfonamides is 1. The second kappa shape index (κ2) is 5.54. The summed E-state index contributed by atoms with van der Waals surface area (Å²) in [7, 11) is -3.42. The molecular formula is C16H21NO2S. The van der Waals surface area contributed by atoms with Crippen molar-refractivity contribution in [1.29, 1.82) is 0 Å². The summed E-state index contributed by atoms with van der Waals surface area (Å²) in [5.41, 5.74) is 2.06. The first-order chi connectivity index (χ1) is 9.36. The molecule has 108 valence electrons. The molecule has 0 bridgehead atoms. The molecule has 3 nitrogen and oxygen atoms in total. The van der Waals surface area contributed by atoms with E-state index in [0.717, 1.165) is 11.1 Å². The van der Waals surface area contributed by atoms with E-state index in [1.54, 1.807) is 16.4 Å². The molecule has 1 heterocycles. The molecule has 4 heteroatoms. The molecule has 0 spiro atoms. The Morgan fingerprint density at radius 1 is 1.30 bits per heavy atom. The van der Waals surface area contributed by atoms with Crippen LogP contribution in [0.1, 0.15) is 12.5 Å². The van der Waals surface area contributed by atoms with Crippen molar-refractivity contribution < 1.29 is 8.42 Å². The molecule has 1 aliphatic heterocycles. The first-order valence-electron chi connectivity index (χ1n) is 6.71. The summed E-state index contributed by atoms with van der Waals surface area (Å²) >= 11 is 0. The molecule has 2 rings (SSSR count). The van der Waals surface area contributed by atoms with Crippen LogP contribution in [0.2, 0.25) is 0 Å². The van der Waals surface area contributed by atoms with Gasteiger partial charge in [0.2, 0.25) is 10.0 Å². The Bertz CT molecular complexity index is 616. The summed E-state index contributed by atoms with van der Waals surface area (Å²) in [5, 5.41) is 0. The molecular weight excluding hydrogens is 270 g/mol. The first-order valence-corrected chi connectivity index (χ1v) is 8.15. The van der Waals surface area contributed by atoms with Gasteiger partial charge in [0.15, 0.2) is 0 Å². The van der Waals surface area contributed by atoms with Gasteiger partial charge in [-0.2, -0.15) is 4.31 Å². The van der Waals surface area contributed by atoms with Gasteiger partial charge < -0.3 is 0 Å². The molecule has 0 aromatic heterocycles. The Kier molecular flexibility index (Phi) is 4.16. The molecule has 0 amide bonds. The topological polar surface area (TPSA) is 37.4 Å². The minimum Gasteiger partial charge on any atom is -0.207 e. The van der Waals surface area contributed by atoms with Crippen LogP contribution in [-0.4, -0.2) is 25.8 Å². The second-order valence-electron chi connectivity index (χ2n) is 5.49. The highest BCUT2D eigenvalue weighted by atomic mass is 32.2. The molecule has 1 aromatic carbocycles. The Morgan fingerprint density at radius 3 is 2.35 bits per heavy atom. The number of nitrogens with zero attached hydrogens (tertiary/aromatic N) is 1. The number of aryl methyl sites for hydroxylation is 1. The Balaban J connectivity index is 2.30. The quantitative estimate of drug-likeness (QED) is 0.800. The lowest BCUT2D eigenvalue weighted by molar-refractivity contribution is 0.466. The lowest BCUT2D eigenvalue weighted by atomic mass is 9.91. The van der Waals surface area contributed by atoms with Crippen molar-refractivity contribution in [3.8, 4) is 0 Å². The lowest BCUT2D eigenvalue weighted by Crippen LogP contribution is -2.29. The van der Waals surface area contributed by atoms with Gasteiger partial charge in [-0.3, -0.25) is 0 Å². The van der Waals surface area contributed by atoms with Crippen molar-refractivity contribution in [2.24, 2.45) is 11.8 Å². The van der Waals surface area contributed by atoms with Crippen LogP contribution in [0.15, 0.2) is 54.0 Å². The molecule has 0 saturated carbocycles. The largest absolute Gasteiger partial charge is 0.243 e. The van der Waals surface area contributed by atoms with Gasteiger partial charge in [0, 0.05) is 19.0 Å². The SMILES string of the molecule is C=C[C@@H]1CN(S(=O)(=O)c2ccc(C)cc2)C[C@@H]1C(=C)C. The first kappa shape index (κ1) is 15.0. The Labute approximate surface area is 121 Å². The van der Waals surface area contributed by atoms with Crippen LogP contribution in [0.4, 0.5) is 0 Å². The fraction of sp³-hybridized carbons (Fsp3) is 0.375. The summed E-state index contributed by atoms with van der Waals surface area (Å²) < 4.78 is 26.8. The fourth-order valence-corrected chi connectivity index (χ4v) is 4.11. The molecule has 1 aliphatic rings. The number of rotatable bonds is 4. The maximum atomic E-state index is 12.6. The van der Waals surface area contributed by atoms with E-state index in [1.165, 1.54) is 0 Å². The van der Waals surface area contributed by atoms with Gasteiger partial charge in [0.05, 0.1) is 4.90 Å². The Morgan fingerprint density at radius 2 is 1.90 bits per heavy atom. The summed E-state index contributed by atoms with van der Waals surface area (Å²) in [6, 6.07) is 6.98. The molecule has 0 radical (unpaired) electrons. The minimum atomic E-state index is -3.42. The van der Waals surface area contributed by atoms with Crippen molar-refractivity contribution >= 4 is 10.0 Å². The summed E-state index contributed by atoms with van der Waals surface area (Å²) in [6.45, 7) is 12.6. The number of hydrogen-bond acceptors (Lipinski definition) is 2. The monoisotopic (exact) mass is 291 g/mol. The number of benzene rings is 1. The van der Waals surface area contributed by atoms with E-state index >= 15 is 0 Å². The zero-order valence-corrected chi connectivity index (χ0v) is 12.9. The van der Waals surface area contributed by atoms with Gasteiger partial charge in [-0.25, -0.2) is 8.42 Å². The van der Waals surface area contributed by atoms with Crippen molar-refractivity contribution in [2.45, 2.75) is 18.7 Å². The molecule has 1 saturated heterocycles. The van der Waals surface area contributed by atoms with Gasteiger partial charge in [-0.05, 0) is 31.9 Å². The van der Waals surface area contributed by atoms with Gasteiger partial charge in [0.25, 0.3) is 0 Å². The van der Waals surface area contributed by atoms with Gasteiger partial charge in [0.1, 0.15) is 0 Å². The van der Waals surface area contributed by atoms with E-state index in [2.05, 4.69) is 13.2 Å². The summed E-state index contributed by atoms with van der Waals surface area (Å²) in [5.74, 6) is 0.306. The van der Waals surface area contributed by atoms with Crippen molar-refractivity contribution in [1.82, 2.24) is 4.31 Å². The van der Waals surface area contributed by atoms with E-state index in [4.69, 9.17) is 0 Å². The fourth-order valence-electron chi connectivity index (χ4n) is 2.61. The summed E-state index contributed by atoms with van der Waals surface area (Å²) in [6.07, 6.45) is 1.84. The smallest absolute Gasteiger partial charge is 0.207 e. The van der Waals surface area contributed by atoms with Gasteiger partial charge >= 0.3 is 0 Å². The van der Waals surface area contributed by atoms with Crippen LogP contribution in [0.3, 0.4) is 0 Å². The average molecular weight is 291 g/mol. The lowest BCUT2D eigenvalue weighted by Gasteiger charge is -2.16. The third kappa shape index (κ3) is 2.72. The molecule has 2 atom stereocenters. The highest BCUT2D eigenvalue weighted by Gasteiger charge is 2.38. The highest BCUT2D eigenvalue weighted by Crippen LogP contribution is 2.33. The van der Waals surface area contributed by atoms with Crippen LogP contribution in [0.25, 0.3) is 0 Å². The summed E-state index contributed by atoms with van der Waals surface area (Å²) in [4.78, 5) is 0.355. The minimum absolute atomic E-state index is 0.146. The molecule has 0 aliphatic carbocycles. The maximum absolute atomic E-state index is 12.6. The van der Waals surface area contributed by atoms with Gasteiger partial charge in [-0.15, -0.1) is 6.58 Å². The van der Waals surface area contributed by atoms with Gasteiger partial charge in [-0.1, -0.05) is 35.9 Å². The Hall–Kier alpha value is -1.39. The van der Waals surface area contributed by atoms with Crippen LogP contribution in [0.5, 0.6) is 0 Å². The molecule has 0 N–H and O–H groups in total. The molecule has 1 aromatic rings. The van der Waals surface area contributed by atoms with Crippen LogP contribution in [0, 0.1) is 18.8 Å². The third-order valence-corrected chi connectivity index (χ3v) is 5.77. The van der Waals surface area contributed by atoms with E-state index in [1.807, 2.05) is 32.1 Å². The standard InChI is InChI=1S/C16H21NO2S/c1-5-14-10-17(11-16(14)12(2)3)20(18,19)15-8-6-13(4)7-9-15/h5-9,14,16H,1-2,10-11H2,3-4H3/t14-,16-/m1/s1. The maximum Gasteiger partial charge on any atom is 0.243 e. The van der Waals surface area contributed by atoms with Crippen LogP contribution < -0.4 is 0 Å². The van der Waals surface area contributed by atoms with E-state index < -0.39 is 10.0 Å². The number of hydrogen-bond donors (Lipinski definition) is 0. The second-order valence-corrected chi connectivity index (χ2v) is 7.43. The van der Waals surface area contributed by atoms with Crippen molar-refractivity contribution in [3.05, 3.63) is 54.6 Å². The van der Waals surface area contributed by atoms with Crippen LogP contribution >= 0.6 is 0 Å². The van der Waals surface area contributed by atoms with E-state index in [-0.39, 0.29) is 11.8 Å². The highest BCUT2D eigenvalue weighted by molar-refractivity contribution is 7.89. The van der Waals surface area contributed by atoms with Crippen molar-refractivity contribution in [3.63, 3.8) is 0 Å². The molecule has 0 unspecified atom stereocenters. The van der Waals surface area contributed by atoms with E-state index in [0.29, 0.717) is 18.0 Å². The third-order valence-electron chi connectivity index (χ3n) is 3.93. The van der Waals surface area contributed by atoms with Crippen molar-refractivity contribution in [2.75, 3.05) is 13.1 Å². The molecule has 20 heavy (non-hydrogen) atoms. The normalized spacial score (nSPS) is 23.7. The zero-order valence-electron chi connectivity index (χ0n) is 12.0. The predicted octanol–water partition coefficient (Wildman–Crippen LogP) is 2.99. The molecule has 1 fully saturated rings. The zero-order chi connectivity index (χ0) is 14.9. The average Bonchev–Trinajstić information content (AvgIpc) is 2.84.